The number of hydrogen-bond donors (Lipinski definition) is 2. The molecule has 0 aliphatic carbocycles. The van der Waals surface area contributed by atoms with Gasteiger partial charge in [0.1, 0.15) is 0 Å². The molecule has 3 nitrogen and oxygen atoms in total. The third kappa shape index (κ3) is 3.83. The molecule has 1 rings (SSSR count). The van der Waals surface area contributed by atoms with Crippen LogP contribution in [0.5, 0.6) is 0 Å². The van der Waals surface area contributed by atoms with E-state index >= 15 is 0 Å². The second kappa shape index (κ2) is 5.87. The van der Waals surface area contributed by atoms with Crippen LogP contribution in [0, 0.1) is 6.92 Å². The third-order valence-electron chi connectivity index (χ3n) is 2.47. The summed E-state index contributed by atoms with van der Waals surface area (Å²) in [5, 5.41) is 19.0. The Morgan fingerprint density at radius 2 is 2.19 bits per heavy atom. The quantitative estimate of drug-likeness (QED) is 0.835. The van der Waals surface area contributed by atoms with Gasteiger partial charge >= 0.3 is 5.97 Å². The van der Waals surface area contributed by atoms with Crippen LogP contribution in [0.3, 0.4) is 0 Å². The molecule has 1 aromatic rings. The van der Waals surface area contributed by atoms with Crippen LogP contribution in [0.25, 0.3) is 0 Å². The van der Waals surface area contributed by atoms with Crippen molar-refractivity contribution in [2.45, 2.75) is 32.3 Å². The topological polar surface area (TPSA) is 57.5 Å². The molecule has 1 atom stereocenters. The first-order valence-corrected chi connectivity index (χ1v) is 5.54. The lowest BCUT2D eigenvalue weighted by Crippen LogP contribution is -2.02. The molecule has 0 spiro atoms. The number of carboxylic acid groups (broad SMARTS) is 1. The van der Waals surface area contributed by atoms with Crippen LogP contribution >= 0.6 is 11.6 Å². The Kier molecular flexibility index (Phi) is 4.77. The van der Waals surface area contributed by atoms with E-state index in [0.29, 0.717) is 17.9 Å². The van der Waals surface area contributed by atoms with Crippen molar-refractivity contribution in [2.75, 3.05) is 0 Å². The van der Waals surface area contributed by atoms with Crippen molar-refractivity contribution in [3.8, 4) is 0 Å². The van der Waals surface area contributed by atoms with Gasteiger partial charge in [0.05, 0.1) is 6.10 Å². The molecule has 0 aromatic heterocycles. The average Bonchev–Trinajstić information content (AvgIpc) is 2.21. The smallest absolute Gasteiger partial charge is 0.303 e. The highest BCUT2D eigenvalue weighted by molar-refractivity contribution is 6.30. The minimum Gasteiger partial charge on any atom is -0.481 e. The van der Waals surface area contributed by atoms with Crippen molar-refractivity contribution in [1.82, 2.24) is 0 Å². The molecule has 4 heteroatoms. The zero-order chi connectivity index (χ0) is 12.1. The van der Waals surface area contributed by atoms with Gasteiger partial charge in [-0.05, 0) is 43.0 Å². The summed E-state index contributed by atoms with van der Waals surface area (Å²) >= 11 is 5.84. The van der Waals surface area contributed by atoms with E-state index in [9.17, 15) is 9.90 Å². The lowest BCUT2D eigenvalue weighted by molar-refractivity contribution is -0.137. The summed E-state index contributed by atoms with van der Waals surface area (Å²) in [5.74, 6) is -0.838. The second-order valence-corrected chi connectivity index (χ2v) is 4.24. The first-order chi connectivity index (χ1) is 7.50. The standard InChI is InChI=1S/C12H15ClO3/c1-8-5-6-9(13)7-10(8)11(14)3-2-4-12(15)16/h5-7,11,14H,2-4H2,1H3,(H,15,16). The van der Waals surface area contributed by atoms with Crippen LogP contribution in [0.2, 0.25) is 5.02 Å². The van der Waals surface area contributed by atoms with Crippen LogP contribution < -0.4 is 0 Å². The van der Waals surface area contributed by atoms with Crippen molar-refractivity contribution >= 4 is 17.6 Å². The molecule has 0 bridgehead atoms. The minimum atomic E-state index is -0.838. The molecule has 1 unspecified atom stereocenters. The first-order valence-electron chi connectivity index (χ1n) is 5.16. The minimum absolute atomic E-state index is 0.0800. The van der Waals surface area contributed by atoms with Gasteiger partial charge in [0.15, 0.2) is 0 Å². The summed E-state index contributed by atoms with van der Waals surface area (Å²) in [6.45, 7) is 1.89. The molecule has 0 amide bonds. The predicted octanol–water partition coefficient (Wildman–Crippen LogP) is 2.94. The summed E-state index contributed by atoms with van der Waals surface area (Å²) < 4.78 is 0. The Morgan fingerprint density at radius 3 is 2.81 bits per heavy atom. The van der Waals surface area contributed by atoms with Crippen molar-refractivity contribution in [2.24, 2.45) is 0 Å². The molecule has 0 saturated carbocycles. The SMILES string of the molecule is Cc1ccc(Cl)cc1C(O)CCCC(=O)O. The number of aliphatic carboxylic acids is 1. The Labute approximate surface area is 99.7 Å². The fourth-order valence-electron chi connectivity index (χ4n) is 1.57. The largest absolute Gasteiger partial charge is 0.481 e. The fourth-order valence-corrected chi connectivity index (χ4v) is 1.75. The maximum absolute atomic E-state index is 10.3. The molecule has 0 heterocycles. The molecule has 0 fully saturated rings. The van der Waals surface area contributed by atoms with E-state index in [0.717, 1.165) is 11.1 Å². The summed E-state index contributed by atoms with van der Waals surface area (Å²) in [6.07, 6.45) is 0.338. The van der Waals surface area contributed by atoms with Gasteiger partial charge in [-0.15, -0.1) is 0 Å². The van der Waals surface area contributed by atoms with Gasteiger partial charge in [-0.25, -0.2) is 0 Å². The van der Waals surface area contributed by atoms with E-state index < -0.39 is 12.1 Å². The molecular formula is C12H15ClO3. The summed E-state index contributed by atoms with van der Waals surface area (Å²) in [7, 11) is 0. The molecule has 2 N–H and O–H groups in total. The normalized spacial score (nSPS) is 12.4. The van der Waals surface area contributed by atoms with Gasteiger partial charge in [0.25, 0.3) is 0 Å². The first kappa shape index (κ1) is 13.0. The highest BCUT2D eigenvalue weighted by Crippen LogP contribution is 2.25. The average molecular weight is 243 g/mol. The number of benzene rings is 1. The van der Waals surface area contributed by atoms with Gasteiger partial charge in [-0.3, -0.25) is 4.79 Å². The van der Waals surface area contributed by atoms with E-state index in [1.807, 2.05) is 13.0 Å². The van der Waals surface area contributed by atoms with E-state index in [4.69, 9.17) is 16.7 Å². The molecule has 0 radical (unpaired) electrons. The molecule has 1 aromatic carbocycles. The van der Waals surface area contributed by atoms with E-state index in [1.165, 1.54) is 0 Å². The number of aliphatic hydroxyl groups excluding tert-OH is 1. The highest BCUT2D eigenvalue weighted by atomic mass is 35.5. The maximum atomic E-state index is 10.3. The van der Waals surface area contributed by atoms with Gasteiger partial charge in [0.2, 0.25) is 0 Å². The summed E-state index contributed by atoms with van der Waals surface area (Å²) in [5.41, 5.74) is 1.74. The maximum Gasteiger partial charge on any atom is 0.303 e. The molecule has 88 valence electrons. The predicted molar refractivity (Wildman–Crippen MR) is 62.6 cm³/mol. The fraction of sp³-hybridized carbons (Fsp3) is 0.417. The lowest BCUT2D eigenvalue weighted by atomic mass is 9.99. The zero-order valence-corrected chi connectivity index (χ0v) is 9.87. The van der Waals surface area contributed by atoms with Crippen LogP contribution in [0.1, 0.15) is 36.5 Å². The molecule has 0 saturated heterocycles. The second-order valence-electron chi connectivity index (χ2n) is 3.80. The van der Waals surface area contributed by atoms with Gasteiger partial charge in [-0.2, -0.15) is 0 Å². The molecule has 16 heavy (non-hydrogen) atoms. The van der Waals surface area contributed by atoms with E-state index in [2.05, 4.69) is 0 Å². The monoisotopic (exact) mass is 242 g/mol. The van der Waals surface area contributed by atoms with Crippen molar-refractivity contribution < 1.29 is 15.0 Å². The van der Waals surface area contributed by atoms with Crippen molar-refractivity contribution in [1.29, 1.82) is 0 Å². The van der Waals surface area contributed by atoms with Crippen LogP contribution in [0.4, 0.5) is 0 Å². The number of halogens is 1. The highest BCUT2D eigenvalue weighted by Gasteiger charge is 2.11. The van der Waals surface area contributed by atoms with Gasteiger partial charge in [-0.1, -0.05) is 17.7 Å². The number of hydrogen-bond acceptors (Lipinski definition) is 2. The Balaban J connectivity index is 2.61. The van der Waals surface area contributed by atoms with Crippen molar-refractivity contribution in [3.05, 3.63) is 34.3 Å². The van der Waals surface area contributed by atoms with Gasteiger partial charge in [0, 0.05) is 11.4 Å². The summed E-state index contributed by atoms with van der Waals surface area (Å²) in [6, 6.07) is 5.34. The number of carboxylic acids is 1. The molecule has 0 aliphatic rings. The Morgan fingerprint density at radius 1 is 1.50 bits per heavy atom. The number of rotatable bonds is 5. The van der Waals surface area contributed by atoms with Crippen LogP contribution in [-0.2, 0) is 4.79 Å². The Hall–Kier alpha value is -1.06. The van der Waals surface area contributed by atoms with E-state index in [-0.39, 0.29) is 6.42 Å². The third-order valence-corrected chi connectivity index (χ3v) is 2.70. The van der Waals surface area contributed by atoms with Crippen LogP contribution in [0.15, 0.2) is 18.2 Å². The molecular weight excluding hydrogens is 228 g/mol. The zero-order valence-electron chi connectivity index (χ0n) is 9.11. The number of aliphatic hydroxyl groups is 1. The number of aryl methyl sites for hydroxylation is 1. The number of carbonyl (C=O) groups is 1. The summed E-state index contributed by atoms with van der Waals surface area (Å²) in [4.78, 5) is 10.3. The Bertz CT molecular complexity index is 377. The van der Waals surface area contributed by atoms with E-state index in [1.54, 1.807) is 12.1 Å². The van der Waals surface area contributed by atoms with Gasteiger partial charge < -0.3 is 10.2 Å². The van der Waals surface area contributed by atoms with Crippen molar-refractivity contribution in [3.63, 3.8) is 0 Å². The lowest BCUT2D eigenvalue weighted by Gasteiger charge is -2.13. The molecule has 0 aliphatic heterocycles. The van der Waals surface area contributed by atoms with Crippen LogP contribution in [-0.4, -0.2) is 16.2 Å².